The lowest BCUT2D eigenvalue weighted by Gasteiger charge is -2.19. The number of likely N-dealkylation sites (tertiary alicyclic amines) is 1. The number of hydrogen-bond donors (Lipinski definition) is 0. The van der Waals surface area contributed by atoms with Crippen molar-refractivity contribution in [1.82, 2.24) is 14.9 Å². The number of hydrogen-bond acceptors (Lipinski definition) is 5. The van der Waals surface area contributed by atoms with Gasteiger partial charge in [-0.2, -0.15) is 0 Å². The Kier molecular flexibility index (Phi) is 4.13. The van der Waals surface area contributed by atoms with Crippen molar-refractivity contribution < 1.29 is 4.79 Å². The molecule has 0 unspecified atom stereocenters. The van der Waals surface area contributed by atoms with E-state index in [4.69, 9.17) is 0 Å². The smallest absolute Gasteiger partial charge is 0.264 e. The van der Waals surface area contributed by atoms with Crippen LogP contribution in [-0.2, 0) is 0 Å². The van der Waals surface area contributed by atoms with Gasteiger partial charge in [0.2, 0.25) is 0 Å². The Morgan fingerprint density at radius 1 is 1.16 bits per heavy atom. The highest BCUT2D eigenvalue weighted by molar-refractivity contribution is 7.20. The number of carbonyl (C=O) groups is 1. The molecule has 1 aliphatic heterocycles. The van der Waals surface area contributed by atoms with Crippen molar-refractivity contribution in [3.63, 3.8) is 0 Å². The second-order valence-electron chi connectivity index (χ2n) is 6.33. The Bertz CT molecular complexity index is 916. The van der Waals surface area contributed by atoms with E-state index in [9.17, 15) is 4.79 Å². The van der Waals surface area contributed by atoms with Gasteiger partial charge in [-0.15, -0.1) is 11.3 Å². The number of anilines is 2. The predicted octanol–water partition coefficient (Wildman–Crippen LogP) is 4.00. The van der Waals surface area contributed by atoms with Crippen molar-refractivity contribution in [3.05, 3.63) is 47.1 Å². The Morgan fingerprint density at radius 2 is 1.88 bits per heavy atom. The maximum Gasteiger partial charge on any atom is 0.264 e. The van der Waals surface area contributed by atoms with E-state index in [1.807, 2.05) is 54.1 Å². The zero-order valence-electron chi connectivity index (χ0n) is 14.4. The highest BCUT2D eigenvalue weighted by Crippen LogP contribution is 2.37. The number of aryl methyl sites for hydroxylation is 1. The van der Waals surface area contributed by atoms with Gasteiger partial charge in [0, 0.05) is 25.8 Å². The summed E-state index contributed by atoms with van der Waals surface area (Å²) >= 11 is 1.48. The van der Waals surface area contributed by atoms with Crippen LogP contribution in [0.3, 0.4) is 0 Å². The summed E-state index contributed by atoms with van der Waals surface area (Å²) in [6, 6.07) is 10.1. The van der Waals surface area contributed by atoms with E-state index < -0.39 is 0 Å². The van der Waals surface area contributed by atoms with Crippen LogP contribution >= 0.6 is 11.3 Å². The number of para-hydroxylation sites is 1. The molecule has 0 saturated carbocycles. The summed E-state index contributed by atoms with van der Waals surface area (Å²) in [5.41, 5.74) is 2.04. The number of aromatic nitrogens is 2. The van der Waals surface area contributed by atoms with Crippen molar-refractivity contribution in [2.45, 2.75) is 19.8 Å². The fourth-order valence-corrected chi connectivity index (χ4v) is 4.46. The van der Waals surface area contributed by atoms with Gasteiger partial charge in [-0.3, -0.25) is 4.79 Å². The average molecular weight is 352 g/mol. The fourth-order valence-electron chi connectivity index (χ4n) is 3.35. The third-order valence-electron chi connectivity index (χ3n) is 4.76. The molecule has 4 rings (SSSR count). The molecule has 1 amide bonds. The predicted molar refractivity (Wildman–Crippen MR) is 102 cm³/mol. The minimum absolute atomic E-state index is 0.131. The summed E-state index contributed by atoms with van der Waals surface area (Å²) in [6.07, 6.45) is 3.77. The Labute approximate surface area is 150 Å². The number of carbonyl (C=O) groups excluding carboxylic acids is 1. The van der Waals surface area contributed by atoms with Crippen LogP contribution in [0.2, 0.25) is 0 Å². The second kappa shape index (κ2) is 6.44. The molecular weight excluding hydrogens is 332 g/mol. The average Bonchev–Trinajstić information content (AvgIpc) is 3.30. The van der Waals surface area contributed by atoms with E-state index in [1.54, 1.807) is 6.33 Å². The first-order valence-corrected chi connectivity index (χ1v) is 9.30. The van der Waals surface area contributed by atoms with Gasteiger partial charge in [-0.1, -0.05) is 18.2 Å². The van der Waals surface area contributed by atoms with Crippen LogP contribution in [-0.4, -0.2) is 40.9 Å². The molecule has 0 bridgehead atoms. The number of fused-ring (bicyclic) bond motifs is 1. The topological polar surface area (TPSA) is 49.3 Å². The monoisotopic (exact) mass is 352 g/mol. The van der Waals surface area contributed by atoms with Gasteiger partial charge in [0.05, 0.1) is 10.3 Å². The molecule has 0 aliphatic carbocycles. The zero-order valence-corrected chi connectivity index (χ0v) is 15.2. The number of benzene rings is 1. The molecule has 5 nitrogen and oxygen atoms in total. The van der Waals surface area contributed by atoms with Crippen LogP contribution in [0.15, 0.2) is 36.7 Å². The molecule has 0 atom stereocenters. The first kappa shape index (κ1) is 16.0. The molecular formula is C19H20N4OS. The molecule has 3 heterocycles. The summed E-state index contributed by atoms with van der Waals surface area (Å²) in [5.74, 6) is 0.969. The van der Waals surface area contributed by atoms with Gasteiger partial charge < -0.3 is 9.80 Å². The Morgan fingerprint density at radius 3 is 2.60 bits per heavy atom. The highest BCUT2D eigenvalue weighted by Gasteiger charge is 2.26. The standard InChI is InChI=1S/C19H20N4OS/c1-13-15-17(22(2)14-8-4-3-5-9-14)20-12-21-18(15)25-16(13)19(24)23-10-6-7-11-23/h3-5,8-9,12H,6-7,10-11H2,1-2H3. The SMILES string of the molecule is Cc1c(C(=O)N2CCCC2)sc2ncnc(N(C)c3ccccc3)c12. The third kappa shape index (κ3) is 2.76. The molecule has 0 spiro atoms. The van der Waals surface area contributed by atoms with Crippen LogP contribution in [0.1, 0.15) is 28.1 Å². The molecule has 3 aromatic rings. The number of rotatable bonds is 3. The lowest BCUT2D eigenvalue weighted by molar-refractivity contribution is 0.0797. The molecule has 0 N–H and O–H groups in total. The molecule has 0 radical (unpaired) electrons. The Hall–Kier alpha value is -2.47. The van der Waals surface area contributed by atoms with Gasteiger partial charge in [-0.25, -0.2) is 9.97 Å². The van der Waals surface area contributed by atoms with Gasteiger partial charge in [-0.05, 0) is 37.5 Å². The Balaban J connectivity index is 1.80. The lowest BCUT2D eigenvalue weighted by Crippen LogP contribution is -2.27. The van der Waals surface area contributed by atoms with Crippen molar-refractivity contribution in [1.29, 1.82) is 0 Å². The highest BCUT2D eigenvalue weighted by atomic mass is 32.1. The summed E-state index contributed by atoms with van der Waals surface area (Å²) in [6.45, 7) is 3.72. The molecule has 1 fully saturated rings. The summed E-state index contributed by atoms with van der Waals surface area (Å²) in [4.78, 5) is 27.5. The van der Waals surface area contributed by atoms with E-state index >= 15 is 0 Å². The quantitative estimate of drug-likeness (QED) is 0.715. The third-order valence-corrected chi connectivity index (χ3v) is 5.94. The van der Waals surface area contributed by atoms with Crippen LogP contribution in [0.4, 0.5) is 11.5 Å². The normalized spacial score (nSPS) is 14.2. The zero-order chi connectivity index (χ0) is 17.4. The van der Waals surface area contributed by atoms with Crippen LogP contribution in [0, 0.1) is 6.92 Å². The molecule has 2 aromatic heterocycles. The molecule has 128 valence electrons. The van der Waals surface area contributed by atoms with Crippen molar-refractivity contribution in [2.75, 3.05) is 25.0 Å². The van der Waals surface area contributed by atoms with Crippen molar-refractivity contribution in [3.8, 4) is 0 Å². The maximum atomic E-state index is 12.9. The summed E-state index contributed by atoms with van der Waals surface area (Å²) in [5, 5.41) is 0.974. The van der Waals surface area contributed by atoms with Crippen molar-refractivity contribution >= 4 is 39.0 Å². The van der Waals surface area contributed by atoms with E-state index in [0.717, 1.165) is 58.1 Å². The van der Waals surface area contributed by atoms with E-state index in [-0.39, 0.29) is 5.91 Å². The summed E-state index contributed by atoms with van der Waals surface area (Å²) in [7, 11) is 2.00. The molecule has 1 saturated heterocycles. The molecule has 6 heteroatoms. The van der Waals surface area contributed by atoms with E-state index in [1.165, 1.54) is 11.3 Å². The first-order valence-electron chi connectivity index (χ1n) is 8.49. The fraction of sp³-hybridized carbons (Fsp3) is 0.316. The second-order valence-corrected chi connectivity index (χ2v) is 7.33. The van der Waals surface area contributed by atoms with E-state index in [0.29, 0.717) is 0 Å². The van der Waals surface area contributed by atoms with Crippen LogP contribution in [0.25, 0.3) is 10.2 Å². The lowest BCUT2D eigenvalue weighted by atomic mass is 10.1. The van der Waals surface area contributed by atoms with Gasteiger partial charge in [0.15, 0.2) is 0 Å². The minimum Gasteiger partial charge on any atom is -0.338 e. The van der Waals surface area contributed by atoms with Crippen LogP contribution in [0.5, 0.6) is 0 Å². The number of thiophene rings is 1. The number of amides is 1. The van der Waals surface area contributed by atoms with Crippen molar-refractivity contribution in [2.24, 2.45) is 0 Å². The number of nitrogens with zero attached hydrogens (tertiary/aromatic N) is 4. The van der Waals surface area contributed by atoms with Gasteiger partial charge >= 0.3 is 0 Å². The maximum absolute atomic E-state index is 12.9. The van der Waals surface area contributed by atoms with Gasteiger partial charge in [0.25, 0.3) is 5.91 Å². The largest absolute Gasteiger partial charge is 0.338 e. The minimum atomic E-state index is 0.131. The molecule has 1 aromatic carbocycles. The molecule has 1 aliphatic rings. The van der Waals surface area contributed by atoms with E-state index in [2.05, 4.69) is 9.97 Å². The summed E-state index contributed by atoms with van der Waals surface area (Å²) < 4.78 is 0. The van der Waals surface area contributed by atoms with Crippen LogP contribution < -0.4 is 4.90 Å². The van der Waals surface area contributed by atoms with Gasteiger partial charge in [0.1, 0.15) is 17.0 Å². The first-order chi connectivity index (χ1) is 12.2. The molecule has 25 heavy (non-hydrogen) atoms.